The van der Waals surface area contributed by atoms with Crippen LogP contribution in [0.5, 0.6) is 5.75 Å². The molecule has 3 aromatic rings. The molecule has 31 heavy (non-hydrogen) atoms. The van der Waals surface area contributed by atoms with Gasteiger partial charge in [0.25, 0.3) is 0 Å². The van der Waals surface area contributed by atoms with Crippen LogP contribution in [0.3, 0.4) is 0 Å². The number of ether oxygens (including phenoxy) is 1. The van der Waals surface area contributed by atoms with Crippen molar-refractivity contribution in [3.63, 3.8) is 0 Å². The van der Waals surface area contributed by atoms with Gasteiger partial charge in [0.1, 0.15) is 6.07 Å². The highest BCUT2D eigenvalue weighted by Crippen LogP contribution is 2.30. The van der Waals surface area contributed by atoms with Gasteiger partial charge in [-0.15, -0.1) is 0 Å². The maximum absolute atomic E-state index is 12.3. The third-order valence-electron chi connectivity index (χ3n) is 4.57. The number of carbonyl (C=O) groups excluding carboxylic acids is 2. The molecule has 0 saturated carbocycles. The van der Waals surface area contributed by atoms with Crippen molar-refractivity contribution < 1.29 is 14.3 Å². The van der Waals surface area contributed by atoms with Gasteiger partial charge in [-0.25, -0.2) is 4.79 Å². The number of carbonyl (C=O) groups is 2. The minimum Gasteiger partial charge on any atom is -0.419 e. The molecule has 0 bridgehead atoms. The molecule has 0 radical (unpaired) electrons. The highest BCUT2D eigenvalue weighted by molar-refractivity contribution is 9.10. The first-order valence-electron chi connectivity index (χ1n) is 9.22. The number of nitrogens with zero attached hydrogens (tertiary/aromatic N) is 1. The van der Waals surface area contributed by atoms with Gasteiger partial charge in [0, 0.05) is 8.95 Å². The maximum Gasteiger partial charge on any atom is 0.343 e. The topological polar surface area (TPSA) is 79.2 Å². The minimum atomic E-state index is -0.601. The SMILES string of the molecule is Cc1c(Br)cccc1C(=O)Oc1c(C#N)cccc1NC=O.Cc1cccc(Br)c1C. The Kier molecular flexibility index (Phi) is 8.98. The van der Waals surface area contributed by atoms with Crippen LogP contribution in [0.4, 0.5) is 5.69 Å². The molecule has 0 aliphatic rings. The average Bonchev–Trinajstić information content (AvgIpc) is 2.75. The van der Waals surface area contributed by atoms with E-state index in [1.807, 2.05) is 18.2 Å². The summed E-state index contributed by atoms with van der Waals surface area (Å²) < 4.78 is 7.31. The summed E-state index contributed by atoms with van der Waals surface area (Å²) >= 11 is 6.79. The van der Waals surface area contributed by atoms with Gasteiger partial charge in [0.2, 0.25) is 6.41 Å². The first-order chi connectivity index (χ1) is 14.8. The number of nitriles is 1. The Morgan fingerprint density at radius 1 is 0.968 bits per heavy atom. The Balaban J connectivity index is 0.000000316. The highest BCUT2D eigenvalue weighted by Gasteiger charge is 2.18. The van der Waals surface area contributed by atoms with Gasteiger partial charge in [-0.2, -0.15) is 5.26 Å². The van der Waals surface area contributed by atoms with Crippen molar-refractivity contribution in [1.82, 2.24) is 0 Å². The predicted molar refractivity (Wildman–Crippen MR) is 128 cm³/mol. The largest absolute Gasteiger partial charge is 0.419 e. The summed E-state index contributed by atoms with van der Waals surface area (Å²) in [5, 5.41) is 11.5. The number of benzene rings is 3. The molecule has 0 aliphatic heterocycles. The van der Waals surface area contributed by atoms with Crippen LogP contribution in [0.15, 0.2) is 63.5 Å². The van der Waals surface area contributed by atoms with E-state index in [2.05, 4.69) is 63.2 Å². The summed E-state index contributed by atoms with van der Waals surface area (Å²) in [5.41, 5.74) is 4.19. The molecule has 0 fully saturated rings. The van der Waals surface area contributed by atoms with Gasteiger partial charge in [-0.05, 0) is 67.8 Å². The van der Waals surface area contributed by atoms with E-state index in [9.17, 15) is 9.59 Å². The standard InChI is InChI=1S/C16H11BrN2O3.C8H9Br/c1-10-12(5-3-6-13(10)17)16(21)22-15-11(8-18)4-2-7-14(15)19-9-20;1-6-4-3-5-8(9)7(6)2/h2-7,9H,1H3,(H,19,20);3-5H,1-2H3. The molecular formula is C24H20Br2N2O3. The van der Waals surface area contributed by atoms with Gasteiger partial charge in [-0.1, -0.05) is 56.1 Å². The zero-order valence-electron chi connectivity index (χ0n) is 17.2. The Morgan fingerprint density at radius 2 is 1.58 bits per heavy atom. The van der Waals surface area contributed by atoms with Crippen molar-refractivity contribution in [2.75, 3.05) is 5.32 Å². The second-order valence-corrected chi connectivity index (χ2v) is 8.25. The van der Waals surface area contributed by atoms with Crippen LogP contribution in [0.1, 0.15) is 32.6 Å². The van der Waals surface area contributed by atoms with Crippen molar-refractivity contribution in [3.05, 3.63) is 91.4 Å². The molecule has 0 atom stereocenters. The lowest BCUT2D eigenvalue weighted by molar-refractivity contribution is -0.105. The third kappa shape index (κ3) is 6.27. The maximum atomic E-state index is 12.3. The summed E-state index contributed by atoms with van der Waals surface area (Å²) in [7, 11) is 0. The van der Waals surface area contributed by atoms with E-state index in [4.69, 9.17) is 10.00 Å². The first-order valence-corrected chi connectivity index (χ1v) is 10.8. The average molecular weight is 544 g/mol. The fourth-order valence-corrected chi connectivity index (χ4v) is 3.44. The second kappa shape index (κ2) is 11.4. The molecular weight excluding hydrogens is 524 g/mol. The van der Waals surface area contributed by atoms with E-state index < -0.39 is 5.97 Å². The second-order valence-electron chi connectivity index (χ2n) is 6.54. The molecule has 0 heterocycles. The van der Waals surface area contributed by atoms with Crippen LogP contribution in [0.2, 0.25) is 0 Å². The smallest absolute Gasteiger partial charge is 0.343 e. The van der Waals surface area contributed by atoms with E-state index in [0.29, 0.717) is 12.0 Å². The van der Waals surface area contributed by atoms with E-state index in [1.54, 1.807) is 31.2 Å². The Hall–Kier alpha value is -2.95. The van der Waals surface area contributed by atoms with Gasteiger partial charge in [0.05, 0.1) is 16.8 Å². The molecule has 1 N–H and O–H groups in total. The van der Waals surface area contributed by atoms with Crippen molar-refractivity contribution >= 4 is 49.9 Å². The minimum absolute atomic E-state index is 0.0291. The summed E-state index contributed by atoms with van der Waals surface area (Å²) in [6.07, 6.45) is 0.457. The normalized spacial score (nSPS) is 9.68. The van der Waals surface area contributed by atoms with Crippen LogP contribution < -0.4 is 10.1 Å². The lowest BCUT2D eigenvalue weighted by Gasteiger charge is -2.12. The van der Waals surface area contributed by atoms with E-state index in [0.717, 1.165) is 10.0 Å². The van der Waals surface area contributed by atoms with Crippen molar-refractivity contribution in [1.29, 1.82) is 5.26 Å². The summed E-state index contributed by atoms with van der Waals surface area (Å²) in [6.45, 7) is 6.00. The van der Waals surface area contributed by atoms with Crippen LogP contribution in [-0.2, 0) is 4.79 Å². The van der Waals surface area contributed by atoms with Gasteiger partial charge in [-0.3, -0.25) is 4.79 Å². The predicted octanol–water partition coefficient (Wildman–Crippen LogP) is 6.48. The molecule has 3 aromatic carbocycles. The lowest BCUT2D eigenvalue weighted by Crippen LogP contribution is -2.13. The number of aryl methyl sites for hydroxylation is 1. The molecule has 3 rings (SSSR count). The fourth-order valence-electron chi connectivity index (χ4n) is 2.60. The van der Waals surface area contributed by atoms with Crippen molar-refractivity contribution in [2.45, 2.75) is 20.8 Å². The zero-order chi connectivity index (χ0) is 23.0. The molecule has 0 saturated heterocycles. The Labute approximate surface area is 198 Å². The quantitative estimate of drug-likeness (QED) is 0.232. The lowest BCUT2D eigenvalue weighted by atomic mass is 10.1. The third-order valence-corrected chi connectivity index (χ3v) is 6.29. The number of halogens is 2. The summed E-state index contributed by atoms with van der Waals surface area (Å²) in [6, 6.07) is 18.0. The number of amides is 1. The monoisotopic (exact) mass is 542 g/mol. The van der Waals surface area contributed by atoms with Crippen molar-refractivity contribution in [2.24, 2.45) is 0 Å². The Bertz CT molecular complexity index is 1130. The number of rotatable bonds is 4. The highest BCUT2D eigenvalue weighted by atomic mass is 79.9. The molecule has 5 nitrogen and oxygen atoms in total. The molecule has 0 unspecified atom stereocenters. The number of para-hydroxylation sites is 1. The van der Waals surface area contributed by atoms with Gasteiger partial charge >= 0.3 is 5.97 Å². The summed E-state index contributed by atoms with van der Waals surface area (Å²) in [4.78, 5) is 23.0. The molecule has 0 aliphatic carbocycles. The fraction of sp³-hybridized carbons (Fsp3) is 0.125. The molecule has 0 spiro atoms. The molecule has 158 valence electrons. The van der Waals surface area contributed by atoms with E-state index >= 15 is 0 Å². The zero-order valence-corrected chi connectivity index (χ0v) is 20.4. The summed E-state index contributed by atoms with van der Waals surface area (Å²) in [5.74, 6) is -0.572. The molecule has 7 heteroatoms. The number of anilines is 1. The first kappa shape index (κ1) is 24.3. The van der Waals surface area contributed by atoms with Crippen LogP contribution in [0, 0.1) is 32.1 Å². The van der Waals surface area contributed by atoms with Gasteiger partial charge in [0.15, 0.2) is 5.75 Å². The van der Waals surface area contributed by atoms with Gasteiger partial charge < -0.3 is 10.1 Å². The molecule has 1 amide bonds. The van der Waals surface area contributed by atoms with Crippen molar-refractivity contribution in [3.8, 4) is 11.8 Å². The van der Waals surface area contributed by atoms with E-state index in [1.165, 1.54) is 21.7 Å². The van der Waals surface area contributed by atoms with Crippen LogP contribution >= 0.6 is 31.9 Å². The number of hydrogen-bond donors (Lipinski definition) is 1. The van der Waals surface area contributed by atoms with Crippen LogP contribution in [-0.4, -0.2) is 12.4 Å². The molecule has 0 aromatic heterocycles. The van der Waals surface area contributed by atoms with Crippen LogP contribution in [0.25, 0.3) is 0 Å². The Morgan fingerprint density at radius 3 is 2.16 bits per heavy atom. The number of esters is 1. The van der Waals surface area contributed by atoms with E-state index in [-0.39, 0.29) is 17.0 Å². The number of nitrogens with one attached hydrogen (secondary N) is 1. The number of hydrogen-bond acceptors (Lipinski definition) is 4.